The molecule has 0 aliphatic rings. The predicted octanol–water partition coefficient (Wildman–Crippen LogP) is 1.49. The molecule has 0 saturated carbocycles. The van der Waals surface area contributed by atoms with Gasteiger partial charge in [-0.25, -0.2) is 12.8 Å². The largest absolute Gasteiger partial charge is 0.329 e. The lowest BCUT2D eigenvalue weighted by molar-refractivity contribution is 0.274. The Kier molecular flexibility index (Phi) is 4.15. The minimum atomic E-state index is -3.67. The SMILES string of the molecule is Cc1cc(F)ccc1S(=O)(=O)N(C)C(C)(C)CN. The molecular weight excluding hydrogens is 255 g/mol. The number of halogens is 1. The van der Waals surface area contributed by atoms with Crippen LogP contribution in [-0.4, -0.2) is 31.9 Å². The van der Waals surface area contributed by atoms with E-state index in [2.05, 4.69) is 0 Å². The van der Waals surface area contributed by atoms with Gasteiger partial charge in [-0.1, -0.05) is 0 Å². The van der Waals surface area contributed by atoms with Crippen molar-refractivity contribution in [2.75, 3.05) is 13.6 Å². The van der Waals surface area contributed by atoms with Gasteiger partial charge in [-0.2, -0.15) is 4.31 Å². The molecule has 0 aliphatic heterocycles. The average Bonchev–Trinajstić information content (AvgIpc) is 2.27. The van der Waals surface area contributed by atoms with Gasteiger partial charge in [0.05, 0.1) is 4.90 Å². The molecule has 0 aromatic heterocycles. The molecule has 6 heteroatoms. The summed E-state index contributed by atoms with van der Waals surface area (Å²) in [5, 5.41) is 0. The lowest BCUT2D eigenvalue weighted by atomic mass is 10.1. The van der Waals surface area contributed by atoms with Gasteiger partial charge >= 0.3 is 0 Å². The Morgan fingerprint density at radius 1 is 1.39 bits per heavy atom. The van der Waals surface area contributed by atoms with Crippen LogP contribution in [0.5, 0.6) is 0 Å². The number of rotatable bonds is 4. The first-order valence-corrected chi connectivity index (χ1v) is 7.02. The minimum Gasteiger partial charge on any atom is -0.329 e. The van der Waals surface area contributed by atoms with Gasteiger partial charge in [-0.15, -0.1) is 0 Å². The van der Waals surface area contributed by atoms with Crippen molar-refractivity contribution in [3.63, 3.8) is 0 Å². The van der Waals surface area contributed by atoms with Crippen LogP contribution in [0.25, 0.3) is 0 Å². The first-order valence-electron chi connectivity index (χ1n) is 5.58. The molecule has 1 aromatic rings. The molecule has 2 N–H and O–H groups in total. The summed E-state index contributed by atoms with van der Waals surface area (Å²) in [7, 11) is -2.19. The van der Waals surface area contributed by atoms with E-state index in [0.29, 0.717) is 5.56 Å². The summed E-state index contributed by atoms with van der Waals surface area (Å²) in [4.78, 5) is 0.105. The van der Waals surface area contributed by atoms with Crippen molar-refractivity contribution < 1.29 is 12.8 Å². The van der Waals surface area contributed by atoms with Crippen LogP contribution in [0.15, 0.2) is 23.1 Å². The van der Waals surface area contributed by atoms with Gasteiger partial charge in [-0.3, -0.25) is 0 Å². The summed E-state index contributed by atoms with van der Waals surface area (Å²) < 4.78 is 39.1. The number of likely N-dealkylation sites (N-methyl/N-ethyl adjacent to an activating group) is 1. The maximum atomic E-state index is 13.0. The first-order chi connectivity index (χ1) is 8.13. The maximum absolute atomic E-state index is 13.0. The standard InChI is InChI=1S/C12H19FN2O2S/c1-9-7-10(13)5-6-11(9)18(16,17)15(4)12(2,3)8-14/h5-7H,8,14H2,1-4H3. The van der Waals surface area contributed by atoms with Gasteiger partial charge in [-0.05, 0) is 44.5 Å². The predicted molar refractivity (Wildman–Crippen MR) is 69.2 cm³/mol. The number of hydrogen-bond donors (Lipinski definition) is 1. The average molecular weight is 274 g/mol. The van der Waals surface area contributed by atoms with E-state index in [9.17, 15) is 12.8 Å². The number of hydrogen-bond acceptors (Lipinski definition) is 3. The highest BCUT2D eigenvalue weighted by Gasteiger charge is 2.33. The number of aryl methyl sites for hydroxylation is 1. The molecule has 18 heavy (non-hydrogen) atoms. The van der Waals surface area contributed by atoms with E-state index >= 15 is 0 Å². The third-order valence-electron chi connectivity index (χ3n) is 3.13. The lowest BCUT2D eigenvalue weighted by Gasteiger charge is -2.33. The second-order valence-corrected chi connectivity index (χ2v) is 6.84. The van der Waals surface area contributed by atoms with Gasteiger partial charge in [0.2, 0.25) is 10.0 Å². The molecule has 0 saturated heterocycles. The van der Waals surface area contributed by atoms with E-state index in [1.807, 2.05) is 0 Å². The monoisotopic (exact) mass is 274 g/mol. The molecule has 0 atom stereocenters. The van der Waals surface area contributed by atoms with Gasteiger partial charge in [0.25, 0.3) is 0 Å². The third kappa shape index (κ3) is 2.71. The van der Waals surface area contributed by atoms with E-state index in [-0.39, 0.29) is 11.4 Å². The Morgan fingerprint density at radius 2 is 1.94 bits per heavy atom. The minimum absolute atomic E-state index is 0.105. The normalized spacial score (nSPS) is 13.1. The van der Waals surface area contributed by atoms with E-state index in [1.54, 1.807) is 20.8 Å². The zero-order valence-corrected chi connectivity index (χ0v) is 11.9. The number of nitrogens with two attached hydrogens (primary N) is 1. The van der Waals surface area contributed by atoms with Crippen LogP contribution in [-0.2, 0) is 10.0 Å². The van der Waals surface area contributed by atoms with Crippen LogP contribution in [0.4, 0.5) is 4.39 Å². The van der Waals surface area contributed by atoms with Crippen molar-refractivity contribution in [1.29, 1.82) is 0 Å². The maximum Gasteiger partial charge on any atom is 0.243 e. The van der Waals surface area contributed by atoms with Crippen LogP contribution in [0.2, 0.25) is 0 Å². The van der Waals surface area contributed by atoms with Crippen LogP contribution in [0.3, 0.4) is 0 Å². The highest BCUT2D eigenvalue weighted by Crippen LogP contribution is 2.24. The molecule has 0 aliphatic carbocycles. The fourth-order valence-corrected chi connectivity index (χ4v) is 3.23. The van der Waals surface area contributed by atoms with E-state index in [4.69, 9.17) is 5.73 Å². The number of benzene rings is 1. The summed E-state index contributed by atoms with van der Waals surface area (Å²) in [6.07, 6.45) is 0. The van der Waals surface area contributed by atoms with Crippen LogP contribution >= 0.6 is 0 Å². The van der Waals surface area contributed by atoms with Gasteiger partial charge < -0.3 is 5.73 Å². The Bertz CT molecular complexity index is 541. The highest BCUT2D eigenvalue weighted by molar-refractivity contribution is 7.89. The van der Waals surface area contributed by atoms with Crippen molar-refractivity contribution in [2.24, 2.45) is 5.73 Å². The van der Waals surface area contributed by atoms with Gasteiger partial charge in [0.15, 0.2) is 0 Å². The molecular formula is C12H19FN2O2S. The van der Waals surface area contributed by atoms with Crippen molar-refractivity contribution in [2.45, 2.75) is 31.2 Å². The molecule has 1 aromatic carbocycles. The van der Waals surface area contributed by atoms with Gasteiger partial charge in [0, 0.05) is 19.1 Å². The van der Waals surface area contributed by atoms with Crippen molar-refractivity contribution in [3.05, 3.63) is 29.6 Å². The molecule has 0 radical (unpaired) electrons. The zero-order valence-electron chi connectivity index (χ0n) is 11.1. The Hall–Kier alpha value is -0.980. The van der Waals surface area contributed by atoms with Crippen LogP contribution in [0, 0.1) is 12.7 Å². The molecule has 0 amide bonds. The summed E-state index contributed by atoms with van der Waals surface area (Å²) in [6.45, 7) is 5.25. The van der Waals surface area contributed by atoms with Gasteiger partial charge in [0.1, 0.15) is 5.82 Å². The molecule has 0 bridgehead atoms. The fraction of sp³-hybridized carbons (Fsp3) is 0.500. The molecule has 0 fully saturated rings. The molecule has 4 nitrogen and oxygen atoms in total. The summed E-state index contributed by atoms with van der Waals surface area (Å²) in [6, 6.07) is 3.63. The second kappa shape index (κ2) is 4.95. The first kappa shape index (κ1) is 15.1. The number of nitrogens with zero attached hydrogens (tertiary/aromatic N) is 1. The summed E-state index contributed by atoms with van der Waals surface area (Å²) in [5.41, 5.74) is 5.27. The summed E-state index contributed by atoms with van der Waals surface area (Å²) in [5.74, 6) is -0.452. The molecule has 1 rings (SSSR count). The molecule has 0 unspecified atom stereocenters. The Balaban J connectivity index is 3.30. The molecule has 102 valence electrons. The fourth-order valence-electron chi connectivity index (χ4n) is 1.50. The number of sulfonamides is 1. The van der Waals surface area contributed by atoms with E-state index in [1.165, 1.54) is 23.5 Å². The van der Waals surface area contributed by atoms with Crippen LogP contribution < -0.4 is 5.73 Å². The zero-order chi connectivity index (χ0) is 14.1. The Labute approximate surface area is 108 Å². The Morgan fingerprint density at radius 3 is 2.39 bits per heavy atom. The lowest BCUT2D eigenvalue weighted by Crippen LogP contribution is -2.49. The summed E-state index contributed by atoms with van der Waals surface area (Å²) >= 11 is 0. The van der Waals surface area contributed by atoms with Crippen LogP contribution in [0.1, 0.15) is 19.4 Å². The quantitative estimate of drug-likeness (QED) is 0.905. The van der Waals surface area contributed by atoms with E-state index in [0.717, 1.165) is 6.07 Å². The van der Waals surface area contributed by atoms with Crippen molar-refractivity contribution in [3.8, 4) is 0 Å². The second-order valence-electron chi connectivity index (χ2n) is 4.90. The highest BCUT2D eigenvalue weighted by atomic mass is 32.2. The molecule has 0 heterocycles. The molecule has 0 spiro atoms. The topological polar surface area (TPSA) is 63.4 Å². The third-order valence-corrected chi connectivity index (χ3v) is 5.36. The van der Waals surface area contributed by atoms with E-state index < -0.39 is 21.4 Å². The smallest absolute Gasteiger partial charge is 0.243 e. The van der Waals surface area contributed by atoms with Crippen molar-refractivity contribution >= 4 is 10.0 Å². The van der Waals surface area contributed by atoms with Crippen molar-refractivity contribution in [1.82, 2.24) is 4.31 Å².